The minimum Gasteiger partial charge on any atom is -0.377 e. The zero-order valence-electron chi connectivity index (χ0n) is 11.4. The topological polar surface area (TPSA) is 47.3 Å². The van der Waals surface area contributed by atoms with Gasteiger partial charge in [-0.25, -0.2) is 0 Å². The van der Waals surface area contributed by atoms with Crippen molar-refractivity contribution in [3.05, 3.63) is 35.4 Å². The molecule has 1 aliphatic rings. The Kier molecular flexibility index (Phi) is 4.38. The first-order valence-electron chi connectivity index (χ1n) is 6.77. The van der Waals surface area contributed by atoms with E-state index in [2.05, 4.69) is 36.6 Å². The van der Waals surface area contributed by atoms with E-state index in [0.717, 1.165) is 19.3 Å². The van der Waals surface area contributed by atoms with Crippen LogP contribution in [0.15, 0.2) is 24.3 Å². The fraction of sp³-hybridized carbons (Fsp3) is 0.600. The van der Waals surface area contributed by atoms with Crippen molar-refractivity contribution in [2.45, 2.75) is 50.7 Å². The number of hydrogen-bond donors (Lipinski definition) is 2. The molecular weight excluding hydrogens is 224 g/mol. The van der Waals surface area contributed by atoms with E-state index in [0.29, 0.717) is 0 Å². The van der Waals surface area contributed by atoms with Gasteiger partial charge in [-0.05, 0) is 37.3 Å². The van der Waals surface area contributed by atoms with Crippen LogP contribution in [0, 0.1) is 6.92 Å². The lowest BCUT2D eigenvalue weighted by Gasteiger charge is -2.36. The summed E-state index contributed by atoms with van der Waals surface area (Å²) in [5.41, 5.74) is 5.57. The fourth-order valence-corrected chi connectivity index (χ4v) is 3.12. The fourth-order valence-electron chi connectivity index (χ4n) is 3.12. The van der Waals surface area contributed by atoms with E-state index >= 15 is 0 Å². The number of rotatable bonds is 5. The highest BCUT2D eigenvalue weighted by Gasteiger charge is 2.41. The molecule has 1 aliphatic carbocycles. The van der Waals surface area contributed by atoms with Gasteiger partial charge in [0.15, 0.2) is 0 Å². The Hall–Kier alpha value is -0.900. The lowest BCUT2D eigenvalue weighted by Crippen LogP contribution is -2.54. The number of hydrazine groups is 1. The second kappa shape index (κ2) is 5.83. The van der Waals surface area contributed by atoms with E-state index in [4.69, 9.17) is 10.6 Å². The Bertz CT molecular complexity index is 386. The molecule has 1 aromatic carbocycles. The first kappa shape index (κ1) is 13.5. The average Bonchev–Trinajstić information content (AvgIpc) is 2.88. The molecule has 1 atom stereocenters. The van der Waals surface area contributed by atoms with Gasteiger partial charge >= 0.3 is 0 Å². The first-order chi connectivity index (χ1) is 8.72. The third-order valence-electron chi connectivity index (χ3n) is 4.38. The van der Waals surface area contributed by atoms with Gasteiger partial charge < -0.3 is 4.74 Å². The molecule has 0 spiro atoms. The number of benzene rings is 1. The van der Waals surface area contributed by atoms with Crippen LogP contribution >= 0.6 is 0 Å². The van der Waals surface area contributed by atoms with E-state index in [1.165, 1.54) is 24.0 Å². The molecule has 3 heteroatoms. The molecule has 1 fully saturated rings. The molecule has 3 nitrogen and oxygen atoms in total. The molecule has 1 unspecified atom stereocenters. The second-order valence-corrected chi connectivity index (χ2v) is 5.33. The van der Waals surface area contributed by atoms with E-state index in [9.17, 15) is 0 Å². The predicted molar refractivity (Wildman–Crippen MR) is 74.2 cm³/mol. The number of ether oxygens (including phenoxy) is 1. The van der Waals surface area contributed by atoms with E-state index in [-0.39, 0.29) is 11.6 Å². The van der Waals surface area contributed by atoms with Gasteiger partial charge in [0.25, 0.3) is 0 Å². The summed E-state index contributed by atoms with van der Waals surface area (Å²) in [5, 5.41) is 0. The van der Waals surface area contributed by atoms with Crippen molar-refractivity contribution in [3.8, 4) is 0 Å². The molecule has 1 aromatic rings. The van der Waals surface area contributed by atoms with Crippen LogP contribution in [0.25, 0.3) is 0 Å². The molecule has 18 heavy (non-hydrogen) atoms. The van der Waals surface area contributed by atoms with Crippen LogP contribution in [0.1, 0.15) is 36.8 Å². The van der Waals surface area contributed by atoms with Crippen LogP contribution in [-0.4, -0.2) is 18.8 Å². The van der Waals surface area contributed by atoms with E-state index < -0.39 is 0 Å². The van der Waals surface area contributed by atoms with Crippen molar-refractivity contribution in [1.82, 2.24) is 5.43 Å². The summed E-state index contributed by atoms with van der Waals surface area (Å²) in [6.07, 6.45) is 5.60. The maximum atomic E-state index is 5.82. The Morgan fingerprint density at radius 3 is 2.56 bits per heavy atom. The summed E-state index contributed by atoms with van der Waals surface area (Å²) in [6.45, 7) is 2.15. The van der Waals surface area contributed by atoms with E-state index in [1.54, 1.807) is 0 Å². The summed E-state index contributed by atoms with van der Waals surface area (Å²) in [5.74, 6) is 5.78. The van der Waals surface area contributed by atoms with Gasteiger partial charge in [0.05, 0.1) is 11.6 Å². The lowest BCUT2D eigenvalue weighted by molar-refractivity contribution is -0.0356. The monoisotopic (exact) mass is 248 g/mol. The van der Waals surface area contributed by atoms with Crippen LogP contribution in [0.4, 0.5) is 0 Å². The quantitative estimate of drug-likeness (QED) is 0.621. The van der Waals surface area contributed by atoms with Gasteiger partial charge in [0.2, 0.25) is 0 Å². The zero-order valence-corrected chi connectivity index (χ0v) is 11.4. The number of methoxy groups -OCH3 is 1. The van der Waals surface area contributed by atoms with Crippen LogP contribution < -0.4 is 11.3 Å². The summed E-state index contributed by atoms with van der Waals surface area (Å²) in [4.78, 5) is 0. The lowest BCUT2D eigenvalue weighted by atomic mass is 9.86. The van der Waals surface area contributed by atoms with Gasteiger partial charge in [-0.2, -0.15) is 0 Å². The molecule has 0 aliphatic heterocycles. The number of nitrogens with two attached hydrogens (primary N) is 1. The number of nitrogens with one attached hydrogen (secondary N) is 1. The Morgan fingerprint density at radius 2 is 2.00 bits per heavy atom. The Labute approximate surface area is 110 Å². The molecule has 2 rings (SSSR count). The summed E-state index contributed by atoms with van der Waals surface area (Å²) >= 11 is 0. The van der Waals surface area contributed by atoms with Crippen LogP contribution in [0.3, 0.4) is 0 Å². The molecule has 0 aromatic heterocycles. The molecule has 3 N–H and O–H groups in total. The summed E-state index contributed by atoms with van der Waals surface area (Å²) in [6, 6.07) is 8.68. The molecule has 0 saturated heterocycles. The largest absolute Gasteiger partial charge is 0.377 e. The Morgan fingerprint density at radius 1 is 1.33 bits per heavy atom. The maximum absolute atomic E-state index is 5.82. The van der Waals surface area contributed by atoms with Gasteiger partial charge in [-0.15, -0.1) is 0 Å². The maximum Gasteiger partial charge on any atom is 0.0847 e. The van der Waals surface area contributed by atoms with Gasteiger partial charge in [-0.3, -0.25) is 11.3 Å². The molecular formula is C15H24N2O. The van der Waals surface area contributed by atoms with Gasteiger partial charge in [0, 0.05) is 7.11 Å². The molecule has 1 saturated carbocycles. The van der Waals surface area contributed by atoms with E-state index in [1.807, 2.05) is 7.11 Å². The molecule has 0 radical (unpaired) electrons. The Balaban J connectivity index is 2.16. The van der Waals surface area contributed by atoms with Crippen molar-refractivity contribution in [1.29, 1.82) is 0 Å². The number of hydrogen-bond acceptors (Lipinski definition) is 3. The first-order valence-corrected chi connectivity index (χ1v) is 6.77. The highest BCUT2D eigenvalue weighted by atomic mass is 16.5. The minimum absolute atomic E-state index is 0.0863. The molecule has 0 bridgehead atoms. The van der Waals surface area contributed by atoms with Crippen LogP contribution in [-0.2, 0) is 11.2 Å². The average molecular weight is 248 g/mol. The molecule has 100 valence electrons. The molecule has 0 amide bonds. The normalized spacial score (nSPS) is 19.9. The van der Waals surface area contributed by atoms with Crippen molar-refractivity contribution in [2.24, 2.45) is 5.84 Å². The highest BCUT2D eigenvalue weighted by molar-refractivity contribution is 5.27. The van der Waals surface area contributed by atoms with Gasteiger partial charge in [0.1, 0.15) is 0 Å². The van der Waals surface area contributed by atoms with Crippen LogP contribution in [0.2, 0.25) is 0 Å². The standard InChI is InChI=1S/C15H24N2O/c1-12-7-3-4-8-13(12)11-14(17-16)15(18-2)9-5-6-10-15/h3-4,7-8,14,17H,5-6,9-11,16H2,1-2H3. The van der Waals surface area contributed by atoms with Gasteiger partial charge in [-0.1, -0.05) is 37.1 Å². The predicted octanol–water partition coefficient (Wildman–Crippen LogP) is 2.33. The number of aryl methyl sites for hydroxylation is 1. The summed E-state index contributed by atoms with van der Waals surface area (Å²) < 4.78 is 5.82. The second-order valence-electron chi connectivity index (χ2n) is 5.33. The molecule has 0 heterocycles. The SMILES string of the molecule is COC1(C(Cc2ccccc2C)NN)CCCC1. The third-order valence-corrected chi connectivity index (χ3v) is 4.38. The highest BCUT2D eigenvalue weighted by Crippen LogP contribution is 2.36. The van der Waals surface area contributed by atoms with Crippen molar-refractivity contribution in [3.63, 3.8) is 0 Å². The minimum atomic E-state index is -0.0863. The summed E-state index contributed by atoms with van der Waals surface area (Å²) in [7, 11) is 1.81. The van der Waals surface area contributed by atoms with Crippen molar-refractivity contribution >= 4 is 0 Å². The zero-order chi connectivity index (χ0) is 13.0. The van der Waals surface area contributed by atoms with Crippen molar-refractivity contribution in [2.75, 3.05) is 7.11 Å². The van der Waals surface area contributed by atoms with Crippen molar-refractivity contribution < 1.29 is 4.74 Å². The van der Waals surface area contributed by atoms with Crippen LogP contribution in [0.5, 0.6) is 0 Å². The smallest absolute Gasteiger partial charge is 0.0847 e. The third kappa shape index (κ3) is 2.58.